The molecule has 7 heteroatoms. The van der Waals surface area contributed by atoms with Crippen molar-refractivity contribution in [3.8, 4) is 0 Å². The Morgan fingerprint density at radius 1 is 0.939 bits per heavy atom. The normalized spacial score (nSPS) is 20.3. The van der Waals surface area contributed by atoms with E-state index in [0.29, 0.717) is 30.4 Å². The van der Waals surface area contributed by atoms with Gasteiger partial charge in [0.25, 0.3) is 5.91 Å². The van der Waals surface area contributed by atoms with Crippen molar-refractivity contribution in [3.05, 3.63) is 65.7 Å². The Bertz CT molecular complexity index is 927. The van der Waals surface area contributed by atoms with E-state index in [2.05, 4.69) is 32.4 Å². The van der Waals surface area contributed by atoms with Crippen LogP contribution in [0, 0.1) is 0 Å². The molecule has 0 aromatic heterocycles. The summed E-state index contributed by atoms with van der Waals surface area (Å²) >= 11 is 0. The molecule has 2 aliphatic heterocycles. The summed E-state index contributed by atoms with van der Waals surface area (Å²) in [6.45, 7) is 6.93. The third kappa shape index (κ3) is 6.63. The number of hydrogen-bond donors (Lipinski definition) is 2. The maximum Gasteiger partial charge on any atom is 0.253 e. The van der Waals surface area contributed by atoms with E-state index in [4.69, 9.17) is 0 Å². The first kappa shape index (κ1) is 23.4. The fraction of sp³-hybridized carbons (Fsp3) is 0.462. The standard InChI is InChI=1S/C26H35N5O2/c1-29-13-7-10-22(19-29)31-16-14-30(15-17-31)20-25(32)28-24-12-6-5-11-23(24)26(33)27-18-21-8-3-2-4-9-21/h2-6,8-9,11-12,22H,7,10,13-20H2,1H3,(H,27,33)(H,28,32). The van der Waals surface area contributed by atoms with E-state index in [9.17, 15) is 9.59 Å². The number of carbonyl (C=O) groups is 2. The van der Waals surface area contributed by atoms with Gasteiger partial charge in [0, 0.05) is 45.3 Å². The first-order chi connectivity index (χ1) is 16.1. The quantitative estimate of drug-likeness (QED) is 0.679. The zero-order chi connectivity index (χ0) is 23.0. The van der Waals surface area contributed by atoms with Crippen LogP contribution in [0.4, 0.5) is 5.69 Å². The number of anilines is 1. The van der Waals surface area contributed by atoms with Gasteiger partial charge in [0.05, 0.1) is 17.8 Å². The van der Waals surface area contributed by atoms with Crippen LogP contribution in [0.5, 0.6) is 0 Å². The van der Waals surface area contributed by atoms with Crippen molar-refractivity contribution in [2.75, 3.05) is 58.2 Å². The van der Waals surface area contributed by atoms with Gasteiger partial charge in [0.2, 0.25) is 5.91 Å². The summed E-state index contributed by atoms with van der Waals surface area (Å²) < 4.78 is 0. The number of likely N-dealkylation sites (N-methyl/N-ethyl adjacent to an activating group) is 1. The minimum absolute atomic E-state index is 0.0795. The number of para-hydroxylation sites is 1. The van der Waals surface area contributed by atoms with Crippen LogP contribution >= 0.6 is 0 Å². The molecular weight excluding hydrogens is 414 g/mol. The minimum atomic E-state index is -0.194. The minimum Gasteiger partial charge on any atom is -0.348 e. The van der Waals surface area contributed by atoms with Gasteiger partial charge in [-0.1, -0.05) is 42.5 Å². The predicted octanol–water partition coefficient (Wildman–Crippen LogP) is 2.27. The maximum atomic E-state index is 12.8. The first-order valence-electron chi connectivity index (χ1n) is 11.9. The lowest BCUT2D eigenvalue weighted by atomic mass is 10.0. The number of piperidine rings is 1. The van der Waals surface area contributed by atoms with E-state index in [1.54, 1.807) is 12.1 Å². The van der Waals surface area contributed by atoms with Crippen LogP contribution in [0.1, 0.15) is 28.8 Å². The van der Waals surface area contributed by atoms with Gasteiger partial charge >= 0.3 is 0 Å². The zero-order valence-corrected chi connectivity index (χ0v) is 19.5. The maximum absolute atomic E-state index is 12.8. The second-order valence-electron chi connectivity index (χ2n) is 9.13. The van der Waals surface area contributed by atoms with Gasteiger partial charge in [-0.05, 0) is 44.1 Å². The van der Waals surface area contributed by atoms with Crippen molar-refractivity contribution in [1.82, 2.24) is 20.0 Å². The molecule has 0 spiro atoms. The van der Waals surface area contributed by atoms with Gasteiger partial charge in [-0.3, -0.25) is 19.4 Å². The van der Waals surface area contributed by atoms with Gasteiger partial charge < -0.3 is 15.5 Å². The Morgan fingerprint density at radius 3 is 2.42 bits per heavy atom. The molecule has 33 heavy (non-hydrogen) atoms. The second-order valence-corrected chi connectivity index (χ2v) is 9.13. The molecule has 2 heterocycles. The Kier molecular flexibility index (Phi) is 8.10. The molecule has 176 valence electrons. The summed E-state index contributed by atoms with van der Waals surface area (Å²) in [6.07, 6.45) is 2.54. The number of likely N-dealkylation sites (tertiary alicyclic amines) is 1. The first-order valence-corrected chi connectivity index (χ1v) is 11.9. The lowest BCUT2D eigenvalue weighted by molar-refractivity contribution is -0.117. The highest BCUT2D eigenvalue weighted by Crippen LogP contribution is 2.18. The van der Waals surface area contributed by atoms with E-state index in [-0.39, 0.29) is 11.8 Å². The number of piperazine rings is 1. The third-order valence-corrected chi connectivity index (χ3v) is 6.63. The molecule has 0 radical (unpaired) electrons. The molecule has 2 aliphatic rings. The summed E-state index contributed by atoms with van der Waals surface area (Å²) in [5.74, 6) is -0.273. The predicted molar refractivity (Wildman–Crippen MR) is 131 cm³/mol. The molecule has 2 saturated heterocycles. The fourth-order valence-corrected chi connectivity index (χ4v) is 4.78. The number of benzene rings is 2. The van der Waals surface area contributed by atoms with Crippen LogP contribution in [0.25, 0.3) is 0 Å². The van der Waals surface area contributed by atoms with Gasteiger partial charge in [-0.15, -0.1) is 0 Å². The van der Waals surface area contributed by atoms with Gasteiger partial charge in [0.15, 0.2) is 0 Å². The zero-order valence-electron chi connectivity index (χ0n) is 19.5. The Morgan fingerprint density at radius 2 is 1.67 bits per heavy atom. The highest BCUT2D eigenvalue weighted by Gasteiger charge is 2.27. The third-order valence-electron chi connectivity index (χ3n) is 6.63. The number of rotatable bonds is 7. The largest absolute Gasteiger partial charge is 0.348 e. The van der Waals surface area contributed by atoms with Crippen molar-refractivity contribution >= 4 is 17.5 Å². The highest BCUT2D eigenvalue weighted by molar-refractivity contribution is 6.04. The summed E-state index contributed by atoms with van der Waals surface area (Å²) in [7, 11) is 2.20. The fourth-order valence-electron chi connectivity index (χ4n) is 4.78. The number of hydrogen-bond acceptors (Lipinski definition) is 5. The lowest BCUT2D eigenvalue weighted by Gasteiger charge is -2.42. The molecule has 2 aromatic carbocycles. The van der Waals surface area contributed by atoms with Crippen LogP contribution in [0.15, 0.2) is 54.6 Å². The van der Waals surface area contributed by atoms with Gasteiger partial charge in [-0.2, -0.15) is 0 Å². The Hall–Kier alpha value is -2.74. The SMILES string of the molecule is CN1CCCC(N2CCN(CC(=O)Nc3ccccc3C(=O)NCc3ccccc3)CC2)C1. The van der Waals surface area contributed by atoms with E-state index in [1.807, 2.05) is 42.5 Å². The van der Waals surface area contributed by atoms with Crippen LogP contribution < -0.4 is 10.6 Å². The lowest BCUT2D eigenvalue weighted by Crippen LogP contribution is -2.55. The summed E-state index contributed by atoms with van der Waals surface area (Å²) in [5.41, 5.74) is 2.07. The molecule has 2 amide bonds. The molecule has 2 fully saturated rings. The average molecular weight is 450 g/mol. The van der Waals surface area contributed by atoms with Gasteiger partial charge in [-0.25, -0.2) is 0 Å². The van der Waals surface area contributed by atoms with Crippen LogP contribution in [0.2, 0.25) is 0 Å². The molecule has 4 rings (SSSR count). The van der Waals surface area contributed by atoms with Crippen LogP contribution in [-0.4, -0.2) is 85.4 Å². The molecule has 1 atom stereocenters. The number of carbonyl (C=O) groups excluding carboxylic acids is 2. The topological polar surface area (TPSA) is 67.9 Å². The van der Waals surface area contributed by atoms with Gasteiger partial charge in [0.1, 0.15) is 0 Å². The molecule has 7 nitrogen and oxygen atoms in total. The molecule has 1 unspecified atom stereocenters. The monoisotopic (exact) mass is 449 g/mol. The van der Waals surface area contributed by atoms with E-state index in [1.165, 1.54) is 19.4 Å². The van der Waals surface area contributed by atoms with E-state index in [0.717, 1.165) is 38.3 Å². The Labute approximate surface area is 196 Å². The van der Waals surface area contributed by atoms with Crippen molar-refractivity contribution in [2.45, 2.75) is 25.4 Å². The summed E-state index contributed by atoms with van der Waals surface area (Å²) in [4.78, 5) is 32.7. The van der Waals surface area contributed by atoms with Crippen molar-refractivity contribution in [3.63, 3.8) is 0 Å². The van der Waals surface area contributed by atoms with E-state index < -0.39 is 0 Å². The van der Waals surface area contributed by atoms with Crippen LogP contribution in [-0.2, 0) is 11.3 Å². The average Bonchev–Trinajstić information content (AvgIpc) is 2.84. The molecule has 2 N–H and O–H groups in total. The Balaban J connectivity index is 1.26. The summed E-state index contributed by atoms with van der Waals surface area (Å²) in [6, 6.07) is 17.6. The van der Waals surface area contributed by atoms with Crippen molar-refractivity contribution in [1.29, 1.82) is 0 Å². The number of nitrogens with zero attached hydrogens (tertiary/aromatic N) is 3. The highest BCUT2D eigenvalue weighted by atomic mass is 16.2. The smallest absolute Gasteiger partial charge is 0.253 e. The molecule has 0 bridgehead atoms. The second kappa shape index (κ2) is 11.4. The van der Waals surface area contributed by atoms with E-state index >= 15 is 0 Å². The molecule has 2 aromatic rings. The number of amides is 2. The number of nitrogens with one attached hydrogen (secondary N) is 2. The van der Waals surface area contributed by atoms with Crippen LogP contribution in [0.3, 0.4) is 0 Å². The van der Waals surface area contributed by atoms with Crippen molar-refractivity contribution in [2.24, 2.45) is 0 Å². The molecule has 0 saturated carbocycles. The van der Waals surface area contributed by atoms with Crippen molar-refractivity contribution < 1.29 is 9.59 Å². The molecule has 0 aliphatic carbocycles. The molecular formula is C26H35N5O2. The summed E-state index contributed by atoms with van der Waals surface area (Å²) in [5, 5.41) is 5.90.